The van der Waals surface area contributed by atoms with Gasteiger partial charge in [-0.3, -0.25) is 4.79 Å². The topological polar surface area (TPSA) is 131 Å². The van der Waals surface area contributed by atoms with E-state index in [0.29, 0.717) is 12.2 Å². The quantitative estimate of drug-likeness (QED) is 0.552. The minimum Gasteiger partial charge on any atom is -0.497 e. The summed E-state index contributed by atoms with van der Waals surface area (Å²) in [6.45, 7) is 0.251. The van der Waals surface area contributed by atoms with Crippen LogP contribution in [0.3, 0.4) is 0 Å². The predicted molar refractivity (Wildman–Crippen MR) is 75.4 cm³/mol. The van der Waals surface area contributed by atoms with Gasteiger partial charge in [-0.2, -0.15) is 0 Å². The molecule has 0 fully saturated rings. The van der Waals surface area contributed by atoms with Crippen molar-refractivity contribution in [3.05, 3.63) is 23.8 Å². The van der Waals surface area contributed by atoms with Crippen molar-refractivity contribution in [2.75, 3.05) is 19.0 Å². The van der Waals surface area contributed by atoms with Crippen LogP contribution in [0.4, 0.5) is 10.5 Å². The summed E-state index contributed by atoms with van der Waals surface area (Å²) in [6, 6.07) is 3.66. The molecule has 1 aromatic rings. The molecule has 8 nitrogen and oxygen atoms in total. The van der Waals surface area contributed by atoms with Crippen LogP contribution in [0.5, 0.6) is 5.75 Å². The van der Waals surface area contributed by atoms with E-state index in [1.165, 1.54) is 25.3 Å². The van der Waals surface area contributed by atoms with Crippen LogP contribution in [-0.4, -0.2) is 36.7 Å². The lowest BCUT2D eigenvalue weighted by Crippen LogP contribution is -2.30. The standard InChI is InChI=1S/C13H17N3O5/c1-21-8-4-5-9(12(18)19)10(7-8)16-13(20)15-6-2-3-11(14)17/h4-5,7H,2-3,6H2,1H3,(H2,14,17)(H,18,19)(H2,15,16,20). The average Bonchev–Trinajstić information content (AvgIpc) is 2.43. The maximum absolute atomic E-state index is 11.7. The molecule has 0 heterocycles. The number of ether oxygens (including phenoxy) is 1. The highest BCUT2D eigenvalue weighted by atomic mass is 16.5. The Morgan fingerprint density at radius 2 is 2.05 bits per heavy atom. The number of aromatic carboxylic acids is 1. The van der Waals surface area contributed by atoms with E-state index >= 15 is 0 Å². The molecule has 21 heavy (non-hydrogen) atoms. The van der Waals surface area contributed by atoms with Gasteiger partial charge >= 0.3 is 12.0 Å². The normalized spacial score (nSPS) is 9.76. The van der Waals surface area contributed by atoms with Crippen LogP contribution in [0.25, 0.3) is 0 Å². The van der Waals surface area contributed by atoms with Crippen molar-refractivity contribution in [3.8, 4) is 5.75 Å². The minimum absolute atomic E-state index is 0.0527. The van der Waals surface area contributed by atoms with Gasteiger partial charge in [0.25, 0.3) is 0 Å². The zero-order valence-corrected chi connectivity index (χ0v) is 11.5. The molecule has 0 radical (unpaired) electrons. The summed E-state index contributed by atoms with van der Waals surface area (Å²) in [6.07, 6.45) is 0.576. The van der Waals surface area contributed by atoms with Crippen molar-refractivity contribution in [1.82, 2.24) is 5.32 Å². The van der Waals surface area contributed by atoms with Gasteiger partial charge in [0.05, 0.1) is 18.4 Å². The van der Waals surface area contributed by atoms with Crippen LogP contribution >= 0.6 is 0 Å². The van der Waals surface area contributed by atoms with Gasteiger partial charge < -0.3 is 26.2 Å². The fourth-order valence-electron chi connectivity index (χ4n) is 1.57. The molecule has 0 spiro atoms. The van der Waals surface area contributed by atoms with Crippen LogP contribution < -0.4 is 21.1 Å². The van der Waals surface area contributed by atoms with E-state index in [4.69, 9.17) is 15.6 Å². The maximum Gasteiger partial charge on any atom is 0.337 e. The number of carbonyl (C=O) groups excluding carboxylic acids is 2. The molecule has 0 aliphatic heterocycles. The lowest BCUT2D eigenvalue weighted by atomic mass is 10.1. The molecule has 0 aromatic heterocycles. The van der Waals surface area contributed by atoms with Crippen LogP contribution in [0.1, 0.15) is 23.2 Å². The first-order valence-electron chi connectivity index (χ1n) is 6.18. The molecule has 8 heteroatoms. The van der Waals surface area contributed by atoms with Gasteiger partial charge in [0.1, 0.15) is 5.75 Å². The average molecular weight is 295 g/mol. The zero-order valence-electron chi connectivity index (χ0n) is 11.5. The van der Waals surface area contributed by atoms with Crippen LogP contribution in [0.2, 0.25) is 0 Å². The number of hydrogen-bond acceptors (Lipinski definition) is 4. The SMILES string of the molecule is COc1ccc(C(=O)O)c(NC(=O)NCCCC(N)=O)c1. The summed E-state index contributed by atoms with van der Waals surface area (Å²) in [5.74, 6) is -1.19. The first-order valence-corrected chi connectivity index (χ1v) is 6.18. The zero-order chi connectivity index (χ0) is 15.8. The van der Waals surface area contributed by atoms with Gasteiger partial charge in [0, 0.05) is 19.0 Å². The summed E-state index contributed by atoms with van der Waals surface area (Å²) in [5, 5.41) is 14.0. The molecule has 1 rings (SSSR count). The number of carbonyl (C=O) groups is 3. The second-order valence-electron chi connectivity index (χ2n) is 4.17. The summed E-state index contributed by atoms with van der Waals surface area (Å²) >= 11 is 0. The van der Waals surface area contributed by atoms with Crippen molar-refractivity contribution < 1.29 is 24.2 Å². The molecule has 0 bridgehead atoms. The Bertz CT molecular complexity index is 545. The van der Waals surface area contributed by atoms with E-state index in [9.17, 15) is 14.4 Å². The lowest BCUT2D eigenvalue weighted by molar-refractivity contribution is -0.118. The second kappa shape index (κ2) is 7.73. The van der Waals surface area contributed by atoms with Gasteiger partial charge in [-0.05, 0) is 18.6 Å². The van der Waals surface area contributed by atoms with Gasteiger partial charge in [0.2, 0.25) is 5.91 Å². The number of rotatable bonds is 7. The highest BCUT2D eigenvalue weighted by Gasteiger charge is 2.13. The molecular weight excluding hydrogens is 278 g/mol. The third-order valence-electron chi connectivity index (χ3n) is 2.59. The van der Waals surface area contributed by atoms with Gasteiger partial charge in [0.15, 0.2) is 0 Å². The number of anilines is 1. The Morgan fingerprint density at radius 3 is 2.62 bits per heavy atom. The van der Waals surface area contributed by atoms with Crippen molar-refractivity contribution in [3.63, 3.8) is 0 Å². The Hall–Kier alpha value is -2.77. The molecule has 0 unspecified atom stereocenters. The van der Waals surface area contributed by atoms with E-state index in [1.54, 1.807) is 0 Å². The number of carboxylic acids is 1. The molecule has 0 saturated heterocycles. The fourth-order valence-corrected chi connectivity index (χ4v) is 1.57. The van der Waals surface area contributed by atoms with E-state index in [0.717, 1.165) is 0 Å². The summed E-state index contributed by atoms with van der Waals surface area (Å²) in [4.78, 5) is 33.3. The van der Waals surface area contributed by atoms with Crippen molar-refractivity contribution >= 4 is 23.6 Å². The van der Waals surface area contributed by atoms with Gasteiger partial charge in [-0.1, -0.05) is 0 Å². The number of urea groups is 1. The number of hydrogen-bond donors (Lipinski definition) is 4. The van der Waals surface area contributed by atoms with E-state index in [1.807, 2.05) is 0 Å². The molecule has 114 valence electrons. The van der Waals surface area contributed by atoms with E-state index < -0.39 is 17.9 Å². The molecule has 3 amide bonds. The summed E-state index contributed by atoms with van der Waals surface area (Å²) < 4.78 is 4.98. The van der Waals surface area contributed by atoms with Crippen molar-refractivity contribution in [2.45, 2.75) is 12.8 Å². The Morgan fingerprint density at radius 1 is 1.33 bits per heavy atom. The van der Waals surface area contributed by atoms with E-state index in [2.05, 4.69) is 10.6 Å². The van der Waals surface area contributed by atoms with Crippen LogP contribution in [0, 0.1) is 0 Å². The third-order valence-corrected chi connectivity index (χ3v) is 2.59. The number of nitrogens with one attached hydrogen (secondary N) is 2. The number of nitrogens with two attached hydrogens (primary N) is 1. The Labute approximate surface area is 121 Å². The number of primary amides is 1. The second-order valence-corrected chi connectivity index (χ2v) is 4.17. The largest absolute Gasteiger partial charge is 0.497 e. The summed E-state index contributed by atoms with van der Waals surface area (Å²) in [7, 11) is 1.43. The maximum atomic E-state index is 11.7. The highest BCUT2D eigenvalue weighted by molar-refractivity contribution is 6.00. The lowest BCUT2D eigenvalue weighted by Gasteiger charge is -2.11. The third kappa shape index (κ3) is 5.39. The van der Waals surface area contributed by atoms with Crippen molar-refractivity contribution in [2.24, 2.45) is 5.73 Å². The minimum atomic E-state index is -1.17. The molecule has 0 aliphatic rings. The van der Waals surface area contributed by atoms with Crippen LogP contribution in [-0.2, 0) is 4.79 Å². The highest BCUT2D eigenvalue weighted by Crippen LogP contribution is 2.22. The molecule has 1 aromatic carbocycles. The Kier molecular flexibility index (Phi) is 5.99. The summed E-state index contributed by atoms with van der Waals surface area (Å²) in [5.41, 5.74) is 5.04. The first kappa shape index (κ1) is 16.3. The van der Waals surface area contributed by atoms with Gasteiger partial charge in [-0.25, -0.2) is 9.59 Å². The van der Waals surface area contributed by atoms with Crippen molar-refractivity contribution in [1.29, 1.82) is 0 Å². The Balaban J connectivity index is 2.65. The molecular formula is C13H17N3O5. The predicted octanol–water partition coefficient (Wildman–Crippen LogP) is 0.780. The molecule has 5 N–H and O–H groups in total. The monoisotopic (exact) mass is 295 g/mol. The number of amides is 3. The van der Waals surface area contributed by atoms with E-state index in [-0.39, 0.29) is 24.2 Å². The van der Waals surface area contributed by atoms with Gasteiger partial charge in [-0.15, -0.1) is 0 Å². The number of benzene rings is 1. The van der Waals surface area contributed by atoms with Crippen LogP contribution in [0.15, 0.2) is 18.2 Å². The molecule has 0 saturated carbocycles. The number of methoxy groups -OCH3 is 1. The first-order chi connectivity index (χ1) is 9.93. The fraction of sp³-hybridized carbons (Fsp3) is 0.308. The number of carboxylic acid groups (broad SMARTS) is 1. The smallest absolute Gasteiger partial charge is 0.337 e. The molecule has 0 atom stereocenters. The molecule has 0 aliphatic carbocycles.